The monoisotopic (exact) mass is 308 g/mol. The molecule has 0 saturated heterocycles. The van der Waals surface area contributed by atoms with Crippen molar-refractivity contribution in [2.75, 3.05) is 0 Å². The molecule has 3 aromatic heterocycles. The van der Waals surface area contributed by atoms with Gasteiger partial charge in [0.2, 0.25) is 0 Å². The van der Waals surface area contributed by atoms with Gasteiger partial charge in [-0.15, -0.1) is 5.10 Å². The molecule has 0 atom stereocenters. The van der Waals surface area contributed by atoms with Gasteiger partial charge < -0.3 is 0 Å². The molecule has 0 amide bonds. The molecule has 3 aromatic rings. The third kappa shape index (κ3) is 2.54. The van der Waals surface area contributed by atoms with Crippen molar-refractivity contribution in [2.24, 2.45) is 0 Å². The molecule has 4 rings (SSSR count). The highest BCUT2D eigenvalue weighted by atomic mass is 15.4. The average Bonchev–Trinajstić information content (AvgIpc) is 3.33. The van der Waals surface area contributed by atoms with E-state index < -0.39 is 0 Å². The van der Waals surface area contributed by atoms with Crippen molar-refractivity contribution in [3.8, 4) is 22.9 Å². The van der Waals surface area contributed by atoms with Crippen LogP contribution in [0.25, 0.3) is 22.9 Å². The van der Waals surface area contributed by atoms with Gasteiger partial charge in [-0.25, -0.2) is 9.67 Å². The summed E-state index contributed by atoms with van der Waals surface area (Å²) in [5.74, 6) is 1.60. The maximum Gasteiger partial charge on any atom is 0.200 e. The molecule has 0 aromatic carbocycles. The van der Waals surface area contributed by atoms with E-state index in [9.17, 15) is 0 Å². The van der Waals surface area contributed by atoms with E-state index in [0.29, 0.717) is 11.9 Å². The second-order valence-corrected chi connectivity index (χ2v) is 5.97. The number of aryl methyl sites for hydroxylation is 1. The Morgan fingerprint density at radius 3 is 2.87 bits per heavy atom. The van der Waals surface area contributed by atoms with Crippen LogP contribution in [0.4, 0.5) is 0 Å². The summed E-state index contributed by atoms with van der Waals surface area (Å²) in [5.41, 5.74) is 2.96. The van der Waals surface area contributed by atoms with E-state index in [1.54, 1.807) is 6.20 Å². The molecule has 1 aliphatic carbocycles. The van der Waals surface area contributed by atoms with Crippen LogP contribution in [0.2, 0.25) is 0 Å². The van der Waals surface area contributed by atoms with Crippen LogP contribution in [0.1, 0.15) is 44.3 Å². The lowest BCUT2D eigenvalue weighted by molar-refractivity contribution is 0.472. The number of nitrogens with one attached hydrogen (secondary N) is 1. The maximum atomic E-state index is 4.81. The Morgan fingerprint density at radius 1 is 1.26 bits per heavy atom. The van der Waals surface area contributed by atoms with Gasteiger partial charge in [0.1, 0.15) is 5.69 Å². The molecular formula is C17H20N6. The molecule has 0 bridgehead atoms. The van der Waals surface area contributed by atoms with Crippen LogP contribution >= 0.6 is 0 Å². The van der Waals surface area contributed by atoms with E-state index in [2.05, 4.69) is 26.8 Å². The zero-order chi connectivity index (χ0) is 15.6. The van der Waals surface area contributed by atoms with Gasteiger partial charge in [0.05, 0.1) is 17.8 Å². The molecule has 0 unspecified atom stereocenters. The Bertz CT molecular complexity index is 783. The molecule has 3 heterocycles. The number of hydrogen-bond acceptors (Lipinski definition) is 4. The molecule has 1 fully saturated rings. The summed E-state index contributed by atoms with van der Waals surface area (Å²) in [5, 5.41) is 12.1. The van der Waals surface area contributed by atoms with Gasteiger partial charge in [-0.05, 0) is 31.4 Å². The first kappa shape index (κ1) is 14.1. The number of rotatable bonds is 4. The predicted molar refractivity (Wildman–Crippen MR) is 87.7 cm³/mol. The Labute approximate surface area is 135 Å². The van der Waals surface area contributed by atoms with Crippen LogP contribution < -0.4 is 0 Å². The fourth-order valence-electron chi connectivity index (χ4n) is 3.29. The lowest BCUT2D eigenvalue weighted by Crippen LogP contribution is -2.09. The van der Waals surface area contributed by atoms with Gasteiger partial charge in [-0.1, -0.05) is 25.8 Å². The highest BCUT2D eigenvalue weighted by molar-refractivity contribution is 5.61. The smallest absolute Gasteiger partial charge is 0.200 e. The largest absolute Gasteiger partial charge is 0.282 e. The van der Waals surface area contributed by atoms with E-state index in [0.717, 1.165) is 42.0 Å². The lowest BCUT2D eigenvalue weighted by atomic mass is 10.2. The molecule has 0 spiro atoms. The summed E-state index contributed by atoms with van der Waals surface area (Å²) in [4.78, 5) is 9.20. The first-order valence-electron chi connectivity index (χ1n) is 8.27. The molecule has 23 heavy (non-hydrogen) atoms. The molecule has 1 saturated carbocycles. The van der Waals surface area contributed by atoms with E-state index in [4.69, 9.17) is 10.1 Å². The fourth-order valence-corrected chi connectivity index (χ4v) is 3.29. The van der Waals surface area contributed by atoms with E-state index >= 15 is 0 Å². The fraction of sp³-hybridized carbons (Fsp3) is 0.412. The summed E-state index contributed by atoms with van der Waals surface area (Å²) in [6, 6.07) is 6.25. The molecule has 1 aliphatic rings. The van der Waals surface area contributed by atoms with Gasteiger partial charge in [-0.2, -0.15) is 5.10 Å². The van der Waals surface area contributed by atoms with Gasteiger partial charge in [0, 0.05) is 11.9 Å². The normalized spacial score (nSPS) is 15.3. The minimum atomic E-state index is 0.426. The van der Waals surface area contributed by atoms with Crippen LogP contribution in [0.15, 0.2) is 30.6 Å². The van der Waals surface area contributed by atoms with Gasteiger partial charge in [-0.3, -0.25) is 10.1 Å². The number of aromatic amines is 1. The third-order valence-electron chi connectivity index (χ3n) is 4.51. The van der Waals surface area contributed by atoms with Gasteiger partial charge in [0.15, 0.2) is 11.6 Å². The predicted octanol–water partition coefficient (Wildman–Crippen LogP) is 3.41. The van der Waals surface area contributed by atoms with E-state index in [1.807, 2.05) is 24.4 Å². The van der Waals surface area contributed by atoms with E-state index in [1.165, 1.54) is 12.8 Å². The Morgan fingerprint density at radius 2 is 2.13 bits per heavy atom. The number of hydrogen-bond donors (Lipinski definition) is 1. The minimum Gasteiger partial charge on any atom is -0.282 e. The number of pyridine rings is 1. The van der Waals surface area contributed by atoms with Crippen molar-refractivity contribution in [3.63, 3.8) is 0 Å². The highest BCUT2D eigenvalue weighted by Crippen LogP contribution is 2.34. The number of aromatic nitrogens is 6. The van der Waals surface area contributed by atoms with Crippen molar-refractivity contribution in [1.29, 1.82) is 0 Å². The number of H-pyrrole nitrogens is 1. The summed E-state index contributed by atoms with van der Waals surface area (Å²) in [6.07, 6.45) is 9.38. The minimum absolute atomic E-state index is 0.426. The molecule has 0 radical (unpaired) electrons. The summed E-state index contributed by atoms with van der Waals surface area (Å²) in [7, 11) is 0. The molecule has 1 N–H and O–H groups in total. The second-order valence-electron chi connectivity index (χ2n) is 5.97. The Hall–Kier alpha value is -2.50. The van der Waals surface area contributed by atoms with Crippen LogP contribution in [-0.4, -0.2) is 29.9 Å². The Balaban J connectivity index is 1.84. The van der Waals surface area contributed by atoms with Crippen molar-refractivity contribution in [1.82, 2.24) is 29.9 Å². The first-order valence-corrected chi connectivity index (χ1v) is 8.27. The molecular weight excluding hydrogens is 288 g/mol. The third-order valence-corrected chi connectivity index (χ3v) is 4.51. The highest BCUT2D eigenvalue weighted by Gasteiger charge is 2.25. The average molecular weight is 308 g/mol. The topological polar surface area (TPSA) is 72.3 Å². The van der Waals surface area contributed by atoms with Crippen molar-refractivity contribution in [3.05, 3.63) is 36.3 Å². The molecule has 0 aliphatic heterocycles. The zero-order valence-electron chi connectivity index (χ0n) is 13.2. The molecule has 6 nitrogen and oxygen atoms in total. The van der Waals surface area contributed by atoms with Crippen molar-refractivity contribution >= 4 is 0 Å². The standard InChI is InChI=1S/C17H20N6/c1-2-14-13(11-19-21-14)17-20-16(15-9-5-6-10-18-15)22-23(17)12-7-3-4-8-12/h5-6,9-12H,2-4,7-8H2,1H3,(H,19,21). The summed E-state index contributed by atoms with van der Waals surface area (Å²) < 4.78 is 2.10. The number of nitrogens with zero attached hydrogens (tertiary/aromatic N) is 5. The van der Waals surface area contributed by atoms with Gasteiger partial charge in [0.25, 0.3) is 0 Å². The SMILES string of the molecule is CCc1[nH]ncc1-c1nc(-c2ccccn2)nn1C1CCCC1. The Kier molecular flexibility index (Phi) is 3.65. The lowest BCUT2D eigenvalue weighted by Gasteiger charge is -2.12. The maximum absolute atomic E-state index is 4.81. The van der Waals surface area contributed by atoms with Crippen molar-refractivity contribution in [2.45, 2.75) is 45.1 Å². The molecule has 118 valence electrons. The summed E-state index contributed by atoms with van der Waals surface area (Å²) >= 11 is 0. The second kappa shape index (κ2) is 5.95. The first-order chi connectivity index (χ1) is 11.4. The quantitative estimate of drug-likeness (QED) is 0.801. The van der Waals surface area contributed by atoms with Gasteiger partial charge >= 0.3 is 0 Å². The van der Waals surface area contributed by atoms with Crippen molar-refractivity contribution < 1.29 is 0 Å². The summed E-state index contributed by atoms with van der Waals surface area (Å²) in [6.45, 7) is 2.12. The van der Waals surface area contributed by atoms with E-state index in [-0.39, 0.29) is 0 Å². The molecule has 6 heteroatoms. The zero-order valence-corrected chi connectivity index (χ0v) is 13.2. The van der Waals surface area contributed by atoms with Crippen LogP contribution in [0.5, 0.6) is 0 Å². The van der Waals surface area contributed by atoms with Crippen LogP contribution in [-0.2, 0) is 6.42 Å². The van der Waals surface area contributed by atoms with Crippen LogP contribution in [0.3, 0.4) is 0 Å². The van der Waals surface area contributed by atoms with Crippen LogP contribution in [0, 0.1) is 0 Å².